The van der Waals surface area contributed by atoms with Crippen molar-refractivity contribution in [1.29, 1.82) is 0 Å². The van der Waals surface area contributed by atoms with Crippen LogP contribution in [0.2, 0.25) is 0 Å². The number of fused-ring (bicyclic) bond motifs is 1. The highest BCUT2D eigenvalue weighted by Gasteiger charge is 2.29. The third-order valence-electron chi connectivity index (χ3n) is 3.04. The molecule has 0 amide bonds. The van der Waals surface area contributed by atoms with E-state index < -0.39 is 0 Å². The summed E-state index contributed by atoms with van der Waals surface area (Å²) in [6.07, 6.45) is 1.10. The van der Waals surface area contributed by atoms with E-state index >= 15 is 0 Å². The predicted molar refractivity (Wildman–Crippen MR) is 59.7 cm³/mol. The first-order valence-electron chi connectivity index (χ1n) is 5.08. The molecule has 0 saturated carbocycles. The molecule has 1 atom stereocenters. The van der Waals surface area contributed by atoms with Crippen LogP contribution < -0.4 is 9.47 Å². The van der Waals surface area contributed by atoms with Crippen molar-refractivity contribution in [2.75, 3.05) is 28.3 Å². The smallest absolute Gasteiger partial charge is 0.161 e. The Morgan fingerprint density at radius 3 is 2.27 bits per heavy atom. The average Bonchev–Trinajstić information content (AvgIpc) is 2.19. The fraction of sp³-hybridized carbons (Fsp3) is 0.500. The lowest BCUT2D eigenvalue weighted by Gasteiger charge is -2.36. The Labute approximate surface area is 90.6 Å². The lowest BCUT2D eigenvalue weighted by molar-refractivity contribution is 0.266. The highest BCUT2D eigenvalue weighted by Crippen LogP contribution is 2.42. The minimum atomic E-state index is 0.528. The van der Waals surface area contributed by atoms with E-state index in [1.165, 1.54) is 11.1 Å². The minimum Gasteiger partial charge on any atom is -0.493 e. The van der Waals surface area contributed by atoms with Gasteiger partial charge in [-0.15, -0.1) is 0 Å². The van der Waals surface area contributed by atoms with Crippen LogP contribution in [-0.2, 0) is 6.42 Å². The van der Waals surface area contributed by atoms with Crippen molar-refractivity contribution < 1.29 is 9.47 Å². The highest BCUT2D eigenvalue weighted by atomic mass is 16.5. The second kappa shape index (κ2) is 3.74. The molecule has 0 unspecified atom stereocenters. The van der Waals surface area contributed by atoms with Crippen molar-refractivity contribution >= 4 is 0 Å². The summed E-state index contributed by atoms with van der Waals surface area (Å²) >= 11 is 0. The largest absolute Gasteiger partial charge is 0.493 e. The van der Waals surface area contributed by atoms with Gasteiger partial charge in [0.25, 0.3) is 0 Å². The summed E-state index contributed by atoms with van der Waals surface area (Å²) in [5.41, 5.74) is 2.73. The van der Waals surface area contributed by atoms with Crippen molar-refractivity contribution in [1.82, 2.24) is 4.90 Å². The van der Waals surface area contributed by atoms with E-state index in [1.54, 1.807) is 14.2 Å². The van der Waals surface area contributed by atoms with Crippen LogP contribution in [0, 0.1) is 0 Å². The van der Waals surface area contributed by atoms with E-state index in [0.717, 1.165) is 17.9 Å². The zero-order valence-electron chi connectivity index (χ0n) is 9.70. The molecule has 0 N–H and O–H groups in total. The van der Waals surface area contributed by atoms with Crippen molar-refractivity contribution in [2.24, 2.45) is 0 Å². The maximum Gasteiger partial charge on any atom is 0.161 e. The quantitative estimate of drug-likeness (QED) is 0.755. The molecular weight excluding hydrogens is 190 g/mol. The molecule has 0 aromatic heterocycles. The van der Waals surface area contributed by atoms with Crippen LogP contribution in [0.25, 0.3) is 0 Å². The second-order valence-corrected chi connectivity index (χ2v) is 4.09. The molecule has 2 rings (SSSR count). The minimum absolute atomic E-state index is 0.528. The van der Waals surface area contributed by atoms with Gasteiger partial charge in [-0.25, -0.2) is 0 Å². The zero-order valence-corrected chi connectivity index (χ0v) is 9.70. The van der Waals surface area contributed by atoms with Gasteiger partial charge in [0, 0.05) is 6.04 Å². The Balaban J connectivity index is 2.36. The van der Waals surface area contributed by atoms with E-state index in [1.807, 2.05) is 0 Å². The molecule has 82 valence electrons. The number of nitrogens with zero attached hydrogens (tertiary/aromatic N) is 1. The van der Waals surface area contributed by atoms with Gasteiger partial charge < -0.3 is 14.4 Å². The number of methoxy groups -OCH3 is 2. The molecule has 0 heterocycles. The Hall–Kier alpha value is -1.22. The summed E-state index contributed by atoms with van der Waals surface area (Å²) in [6.45, 7) is 0. The van der Waals surface area contributed by atoms with Crippen LogP contribution in [0.1, 0.15) is 17.2 Å². The maximum atomic E-state index is 5.29. The topological polar surface area (TPSA) is 21.7 Å². The molecule has 3 nitrogen and oxygen atoms in total. The molecule has 0 aliphatic heterocycles. The van der Waals surface area contributed by atoms with Gasteiger partial charge in [0.2, 0.25) is 0 Å². The van der Waals surface area contributed by atoms with Gasteiger partial charge in [0.1, 0.15) is 0 Å². The number of likely N-dealkylation sites (N-methyl/N-ethyl adjacent to an activating group) is 1. The lowest BCUT2D eigenvalue weighted by atomic mass is 9.82. The van der Waals surface area contributed by atoms with Gasteiger partial charge in [-0.2, -0.15) is 0 Å². The van der Waals surface area contributed by atoms with Crippen molar-refractivity contribution in [2.45, 2.75) is 12.5 Å². The highest BCUT2D eigenvalue weighted by molar-refractivity contribution is 5.52. The average molecular weight is 207 g/mol. The van der Waals surface area contributed by atoms with Crippen molar-refractivity contribution in [3.05, 3.63) is 23.3 Å². The van der Waals surface area contributed by atoms with Crippen LogP contribution >= 0.6 is 0 Å². The van der Waals surface area contributed by atoms with Gasteiger partial charge in [-0.3, -0.25) is 0 Å². The van der Waals surface area contributed by atoms with Gasteiger partial charge in [0.05, 0.1) is 14.2 Å². The third-order valence-corrected chi connectivity index (χ3v) is 3.04. The van der Waals surface area contributed by atoms with E-state index in [0.29, 0.717) is 6.04 Å². The number of hydrogen-bond donors (Lipinski definition) is 0. The summed E-state index contributed by atoms with van der Waals surface area (Å²) in [6, 6.07) is 4.69. The molecule has 0 saturated heterocycles. The molecule has 3 heteroatoms. The van der Waals surface area contributed by atoms with Gasteiger partial charge in [-0.1, -0.05) is 0 Å². The number of benzene rings is 1. The Morgan fingerprint density at radius 1 is 1.13 bits per heavy atom. The third kappa shape index (κ3) is 1.57. The van der Waals surface area contributed by atoms with E-state index in [2.05, 4.69) is 31.1 Å². The van der Waals surface area contributed by atoms with Crippen LogP contribution in [0.15, 0.2) is 12.1 Å². The molecule has 1 aromatic rings. The van der Waals surface area contributed by atoms with Crippen molar-refractivity contribution in [3.63, 3.8) is 0 Å². The molecule has 1 aliphatic rings. The molecule has 0 fully saturated rings. The normalized spacial score (nSPS) is 18.3. The lowest BCUT2D eigenvalue weighted by Crippen LogP contribution is -2.30. The summed E-state index contributed by atoms with van der Waals surface area (Å²) in [4.78, 5) is 2.23. The standard InChI is InChI=1S/C12H17NO2/c1-13(2)10-5-8-6-11(14-3)12(15-4)7-9(8)10/h6-7,10H,5H2,1-4H3/t10-/m0/s1. The van der Waals surface area contributed by atoms with Gasteiger partial charge in [-0.05, 0) is 43.8 Å². The first-order chi connectivity index (χ1) is 7.17. The second-order valence-electron chi connectivity index (χ2n) is 4.09. The molecule has 1 aromatic carbocycles. The van der Waals surface area contributed by atoms with Crippen LogP contribution in [0.3, 0.4) is 0 Å². The van der Waals surface area contributed by atoms with Crippen molar-refractivity contribution in [3.8, 4) is 11.5 Å². The molecule has 0 spiro atoms. The molecule has 1 aliphatic carbocycles. The molecule has 0 radical (unpaired) electrons. The van der Waals surface area contributed by atoms with E-state index in [-0.39, 0.29) is 0 Å². The van der Waals surface area contributed by atoms with Gasteiger partial charge >= 0.3 is 0 Å². The zero-order chi connectivity index (χ0) is 11.0. The molecule has 0 bridgehead atoms. The Morgan fingerprint density at radius 2 is 1.73 bits per heavy atom. The summed E-state index contributed by atoms with van der Waals surface area (Å²) in [7, 11) is 7.55. The number of ether oxygens (including phenoxy) is 2. The Bertz CT molecular complexity index is 374. The fourth-order valence-corrected chi connectivity index (χ4v) is 2.07. The number of hydrogen-bond acceptors (Lipinski definition) is 3. The van der Waals surface area contributed by atoms with Gasteiger partial charge in [0.15, 0.2) is 11.5 Å². The molecule has 15 heavy (non-hydrogen) atoms. The summed E-state index contributed by atoms with van der Waals surface area (Å²) in [5.74, 6) is 1.65. The first kappa shape index (κ1) is 10.3. The van der Waals surface area contributed by atoms with E-state index in [4.69, 9.17) is 9.47 Å². The Kier molecular flexibility index (Phi) is 2.57. The predicted octanol–water partition coefficient (Wildman–Crippen LogP) is 1.86. The van der Waals surface area contributed by atoms with E-state index in [9.17, 15) is 0 Å². The van der Waals surface area contributed by atoms with Crippen LogP contribution in [0.4, 0.5) is 0 Å². The molecular formula is C12H17NO2. The van der Waals surface area contributed by atoms with Crippen LogP contribution in [0.5, 0.6) is 11.5 Å². The summed E-state index contributed by atoms with van der Waals surface area (Å²) < 4.78 is 10.6. The SMILES string of the molecule is COc1cc2c(cc1OC)[C@@H](N(C)C)C2. The summed E-state index contributed by atoms with van der Waals surface area (Å²) in [5, 5.41) is 0. The monoisotopic (exact) mass is 207 g/mol. The van der Waals surface area contributed by atoms with Crippen LogP contribution in [-0.4, -0.2) is 33.2 Å². The number of rotatable bonds is 3. The maximum absolute atomic E-state index is 5.29. The fourth-order valence-electron chi connectivity index (χ4n) is 2.07. The first-order valence-corrected chi connectivity index (χ1v) is 5.08.